The van der Waals surface area contributed by atoms with E-state index < -0.39 is 22.9 Å². The zero-order valence-corrected chi connectivity index (χ0v) is 15.3. The van der Waals surface area contributed by atoms with Gasteiger partial charge in [-0.05, 0) is 37.3 Å². The summed E-state index contributed by atoms with van der Waals surface area (Å²) in [5.74, 6) is 0.740. The topological polar surface area (TPSA) is 47.6 Å². The Labute approximate surface area is 159 Å². The molecule has 1 unspecified atom stereocenters. The number of fused-ring (bicyclic) bond motifs is 1. The first kappa shape index (κ1) is 19.4. The van der Waals surface area contributed by atoms with E-state index in [1.165, 1.54) is 30.0 Å². The molecule has 0 aliphatic carbocycles. The lowest BCUT2D eigenvalue weighted by molar-refractivity contribution is -0.137. The van der Waals surface area contributed by atoms with E-state index in [0.717, 1.165) is 17.4 Å². The van der Waals surface area contributed by atoms with Gasteiger partial charge in [0.2, 0.25) is 5.91 Å². The van der Waals surface area contributed by atoms with Crippen LogP contribution in [0.15, 0.2) is 47.4 Å². The number of ether oxygens (including phenoxy) is 2. The maximum atomic E-state index is 13.1. The van der Waals surface area contributed by atoms with Crippen LogP contribution in [0.25, 0.3) is 0 Å². The molecule has 0 spiro atoms. The smallest absolute Gasteiger partial charge is 0.418 e. The fraction of sp³-hybridized carbons (Fsp3) is 0.316. The molecule has 0 aromatic heterocycles. The Hall–Kier alpha value is -2.35. The molecular weight excluding hydrogens is 379 g/mol. The molecule has 4 nitrogen and oxygen atoms in total. The zero-order valence-electron chi connectivity index (χ0n) is 14.5. The largest absolute Gasteiger partial charge is 0.490 e. The molecule has 1 heterocycles. The van der Waals surface area contributed by atoms with Crippen LogP contribution in [0.2, 0.25) is 0 Å². The van der Waals surface area contributed by atoms with Crippen LogP contribution in [0.1, 0.15) is 18.9 Å². The number of carbonyl (C=O) groups excluding carboxylic acids is 1. The molecule has 1 N–H and O–H groups in total. The van der Waals surface area contributed by atoms with Crippen LogP contribution in [-0.4, -0.2) is 24.4 Å². The fourth-order valence-corrected chi connectivity index (χ4v) is 3.44. The molecule has 1 amide bonds. The standard InChI is InChI=1S/C19H18F3NO3S/c1-12(18(24)23-15-6-3-2-5-14(15)19(20,21)22)27-13-7-8-16-17(11-13)26-10-4-9-25-16/h2-3,5-8,11-12H,4,9-10H2,1H3,(H,23,24). The number of halogens is 3. The molecule has 0 saturated heterocycles. The van der Waals surface area contributed by atoms with Gasteiger partial charge in [0.15, 0.2) is 11.5 Å². The second-order valence-corrected chi connectivity index (χ2v) is 7.37. The first-order valence-electron chi connectivity index (χ1n) is 8.38. The molecule has 27 heavy (non-hydrogen) atoms. The van der Waals surface area contributed by atoms with Crippen molar-refractivity contribution >= 4 is 23.4 Å². The Morgan fingerprint density at radius 3 is 2.56 bits per heavy atom. The highest BCUT2D eigenvalue weighted by Gasteiger charge is 2.33. The third kappa shape index (κ3) is 4.88. The summed E-state index contributed by atoms with van der Waals surface area (Å²) < 4.78 is 50.3. The number of amides is 1. The number of nitrogens with one attached hydrogen (secondary N) is 1. The zero-order chi connectivity index (χ0) is 19.4. The number of carbonyl (C=O) groups is 1. The van der Waals surface area contributed by atoms with Crippen LogP contribution in [0.4, 0.5) is 18.9 Å². The number of rotatable bonds is 4. The third-order valence-electron chi connectivity index (χ3n) is 3.89. The molecule has 0 bridgehead atoms. The Morgan fingerprint density at radius 1 is 1.11 bits per heavy atom. The molecule has 2 aromatic carbocycles. The number of hydrogen-bond acceptors (Lipinski definition) is 4. The monoisotopic (exact) mass is 397 g/mol. The van der Waals surface area contributed by atoms with Crippen LogP contribution in [0, 0.1) is 0 Å². The fourth-order valence-electron chi connectivity index (χ4n) is 2.55. The average molecular weight is 397 g/mol. The van der Waals surface area contributed by atoms with Gasteiger partial charge < -0.3 is 14.8 Å². The predicted octanol–water partition coefficient (Wildman–Crippen LogP) is 4.99. The maximum absolute atomic E-state index is 13.1. The van der Waals surface area contributed by atoms with E-state index in [9.17, 15) is 18.0 Å². The molecule has 1 aliphatic heterocycles. The SMILES string of the molecule is CC(Sc1ccc2c(c1)OCCCO2)C(=O)Nc1ccccc1C(F)(F)F. The van der Waals surface area contributed by atoms with Gasteiger partial charge in [-0.2, -0.15) is 13.2 Å². The number of benzene rings is 2. The summed E-state index contributed by atoms with van der Waals surface area (Å²) in [6.45, 7) is 2.77. The summed E-state index contributed by atoms with van der Waals surface area (Å²) >= 11 is 1.24. The Morgan fingerprint density at radius 2 is 1.81 bits per heavy atom. The van der Waals surface area contributed by atoms with Crippen molar-refractivity contribution in [2.24, 2.45) is 0 Å². The van der Waals surface area contributed by atoms with E-state index in [0.29, 0.717) is 24.7 Å². The Bertz CT molecular complexity index is 826. The minimum atomic E-state index is -4.53. The summed E-state index contributed by atoms with van der Waals surface area (Å²) in [6, 6.07) is 10.3. The summed E-state index contributed by atoms with van der Waals surface area (Å²) in [4.78, 5) is 13.2. The van der Waals surface area contributed by atoms with Crippen LogP contribution >= 0.6 is 11.8 Å². The van der Waals surface area contributed by atoms with Gasteiger partial charge >= 0.3 is 6.18 Å². The number of anilines is 1. The molecule has 0 radical (unpaired) electrons. The van der Waals surface area contributed by atoms with Gasteiger partial charge in [0, 0.05) is 11.3 Å². The summed E-state index contributed by atoms with van der Waals surface area (Å²) in [6.07, 6.45) is -3.75. The minimum absolute atomic E-state index is 0.249. The third-order valence-corrected chi connectivity index (χ3v) is 4.99. The highest BCUT2D eigenvalue weighted by Crippen LogP contribution is 2.37. The van der Waals surface area contributed by atoms with Gasteiger partial charge in [0.25, 0.3) is 0 Å². The highest BCUT2D eigenvalue weighted by molar-refractivity contribution is 8.00. The van der Waals surface area contributed by atoms with Crippen molar-refractivity contribution in [3.05, 3.63) is 48.0 Å². The first-order valence-corrected chi connectivity index (χ1v) is 9.26. The summed E-state index contributed by atoms with van der Waals surface area (Å²) in [5.41, 5.74) is -1.12. The molecule has 3 rings (SSSR count). The van der Waals surface area contributed by atoms with Crippen molar-refractivity contribution in [2.75, 3.05) is 18.5 Å². The molecule has 0 saturated carbocycles. The number of alkyl halides is 3. The Balaban J connectivity index is 1.69. The lowest BCUT2D eigenvalue weighted by Crippen LogP contribution is -2.24. The number of thioether (sulfide) groups is 1. The Kier molecular flexibility index (Phi) is 5.84. The average Bonchev–Trinajstić information content (AvgIpc) is 2.86. The molecule has 8 heteroatoms. The van der Waals surface area contributed by atoms with Crippen LogP contribution in [0.5, 0.6) is 11.5 Å². The molecule has 0 fully saturated rings. The van der Waals surface area contributed by atoms with E-state index in [4.69, 9.17) is 9.47 Å². The molecule has 1 aliphatic rings. The normalized spacial score (nSPS) is 15.0. The van der Waals surface area contributed by atoms with E-state index in [1.807, 2.05) is 0 Å². The second kappa shape index (κ2) is 8.12. The van der Waals surface area contributed by atoms with Crippen molar-refractivity contribution < 1.29 is 27.4 Å². The lowest BCUT2D eigenvalue weighted by Gasteiger charge is -2.16. The van der Waals surface area contributed by atoms with Crippen LogP contribution in [-0.2, 0) is 11.0 Å². The quantitative estimate of drug-likeness (QED) is 0.739. The predicted molar refractivity (Wildman–Crippen MR) is 97.4 cm³/mol. The van der Waals surface area contributed by atoms with Gasteiger partial charge in [-0.1, -0.05) is 12.1 Å². The van der Waals surface area contributed by atoms with Gasteiger partial charge in [-0.25, -0.2) is 0 Å². The summed E-state index contributed by atoms with van der Waals surface area (Å²) in [7, 11) is 0. The van der Waals surface area contributed by atoms with E-state index in [2.05, 4.69) is 5.32 Å². The van der Waals surface area contributed by atoms with Crippen LogP contribution < -0.4 is 14.8 Å². The van der Waals surface area contributed by atoms with E-state index in [-0.39, 0.29) is 5.69 Å². The first-order chi connectivity index (χ1) is 12.8. The van der Waals surface area contributed by atoms with Crippen molar-refractivity contribution in [3.63, 3.8) is 0 Å². The van der Waals surface area contributed by atoms with Gasteiger partial charge in [0.05, 0.1) is 29.7 Å². The molecule has 144 valence electrons. The number of hydrogen-bond donors (Lipinski definition) is 1. The summed E-state index contributed by atoms with van der Waals surface area (Å²) in [5, 5.41) is 1.77. The highest BCUT2D eigenvalue weighted by atomic mass is 32.2. The van der Waals surface area contributed by atoms with Gasteiger partial charge in [0.1, 0.15) is 0 Å². The lowest BCUT2D eigenvalue weighted by atomic mass is 10.1. The second-order valence-electron chi connectivity index (χ2n) is 5.95. The number of para-hydroxylation sites is 1. The maximum Gasteiger partial charge on any atom is 0.418 e. The molecular formula is C19H18F3NO3S. The molecule has 2 aromatic rings. The van der Waals surface area contributed by atoms with Gasteiger partial charge in [-0.3, -0.25) is 4.79 Å². The molecule has 1 atom stereocenters. The van der Waals surface area contributed by atoms with Crippen molar-refractivity contribution in [3.8, 4) is 11.5 Å². The van der Waals surface area contributed by atoms with Crippen molar-refractivity contribution in [1.29, 1.82) is 0 Å². The van der Waals surface area contributed by atoms with Crippen molar-refractivity contribution in [1.82, 2.24) is 0 Å². The van der Waals surface area contributed by atoms with E-state index >= 15 is 0 Å². The minimum Gasteiger partial charge on any atom is -0.490 e. The van der Waals surface area contributed by atoms with Gasteiger partial charge in [-0.15, -0.1) is 11.8 Å². The van der Waals surface area contributed by atoms with Crippen LogP contribution in [0.3, 0.4) is 0 Å². The van der Waals surface area contributed by atoms with E-state index in [1.54, 1.807) is 25.1 Å². The van der Waals surface area contributed by atoms with Crippen molar-refractivity contribution in [2.45, 2.75) is 29.7 Å².